The van der Waals surface area contributed by atoms with Gasteiger partial charge in [0.25, 0.3) is 5.91 Å². The van der Waals surface area contributed by atoms with Crippen molar-refractivity contribution in [2.45, 2.75) is 25.4 Å². The quantitative estimate of drug-likeness (QED) is 0.691. The molecular formula is C20H22N6O2. The van der Waals surface area contributed by atoms with Gasteiger partial charge in [0.15, 0.2) is 17.2 Å². The van der Waals surface area contributed by atoms with Gasteiger partial charge in [-0.3, -0.25) is 9.20 Å². The molecule has 144 valence electrons. The molecule has 8 heteroatoms. The zero-order chi connectivity index (χ0) is 18.9. The van der Waals surface area contributed by atoms with Crippen LogP contribution in [0.5, 0.6) is 5.75 Å². The number of amides is 1. The number of carbonyl (C=O) groups is 1. The normalized spacial score (nSPS) is 19.5. The van der Waals surface area contributed by atoms with Gasteiger partial charge in [0.1, 0.15) is 12.4 Å². The van der Waals surface area contributed by atoms with Crippen LogP contribution in [0.4, 0.5) is 5.82 Å². The fourth-order valence-electron chi connectivity index (χ4n) is 3.97. The van der Waals surface area contributed by atoms with Gasteiger partial charge in [0.05, 0.1) is 12.1 Å². The number of pyridine rings is 2. The Bertz CT molecular complexity index is 997. The molecular weight excluding hydrogens is 356 g/mol. The SMILES string of the molecule is O=C(c1ccc2nncn2c1)N1CCC(Oc2cccnc2N2CCCC2)C1. The van der Waals surface area contributed by atoms with E-state index in [-0.39, 0.29) is 12.0 Å². The smallest absolute Gasteiger partial charge is 0.255 e. The van der Waals surface area contributed by atoms with Crippen molar-refractivity contribution in [3.05, 3.63) is 48.5 Å². The number of likely N-dealkylation sites (tertiary alicyclic amines) is 1. The van der Waals surface area contributed by atoms with E-state index in [1.807, 2.05) is 29.3 Å². The number of ether oxygens (including phenoxy) is 1. The number of carbonyl (C=O) groups excluding carboxylic acids is 1. The minimum atomic E-state index is -0.0202. The van der Waals surface area contributed by atoms with Gasteiger partial charge in [-0.15, -0.1) is 10.2 Å². The molecule has 5 rings (SSSR count). The van der Waals surface area contributed by atoms with Gasteiger partial charge >= 0.3 is 0 Å². The lowest BCUT2D eigenvalue weighted by atomic mass is 10.2. The maximum atomic E-state index is 12.9. The lowest BCUT2D eigenvalue weighted by Crippen LogP contribution is -2.31. The van der Waals surface area contributed by atoms with Gasteiger partial charge in [0.2, 0.25) is 0 Å². The molecule has 0 spiro atoms. The van der Waals surface area contributed by atoms with Crippen molar-refractivity contribution < 1.29 is 9.53 Å². The number of hydrogen-bond acceptors (Lipinski definition) is 6. The van der Waals surface area contributed by atoms with E-state index in [0.717, 1.165) is 36.7 Å². The minimum absolute atomic E-state index is 0.00709. The highest BCUT2D eigenvalue weighted by Crippen LogP contribution is 2.30. The molecule has 0 saturated carbocycles. The summed E-state index contributed by atoms with van der Waals surface area (Å²) in [5, 5.41) is 7.83. The summed E-state index contributed by atoms with van der Waals surface area (Å²) in [6.45, 7) is 3.30. The van der Waals surface area contributed by atoms with Crippen molar-refractivity contribution in [2.75, 3.05) is 31.1 Å². The number of hydrogen-bond donors (Lipinski definition) is 0. The van der Waals surface area contributed by atoms with Crippen LogP contribution >= 0.6 is 0 Å². The molecule has 1 amide bonds. The molecule has 0 radical (unpaired) electrons. The number of fused-ring (bicyclic) bond motifs is 1. The van der Waals surface area contributed by atoms with Gasteiger partial charge in [-0.1, -0.05) is 0 Å². The Morgan fingerprint density at radius 3 is 2.93 bits per heavy atom. The summed E-state index contributed by atoms with van der Waals surface area (Å²) < 4.78 is 8.03. The minimum Gasteiger partial charge on any atom is -0.485 e. The summed E-state index contributed by atoms with van der Waals surface area (Å²) in [5.74, 6) is 1.74. The molecule has 3 aromatic rings. The number of anilines is 1. The first kappa shape index (κ1) is 17.0. The van der Waals surface area contributed by atoms with Crippen molar-refractivity contribution in [1.29, 1.82) is 0 Å². The van der Waals surface area contributed by atoms with E-state index in [9.17, 15) is 4.79 Å². The van der Waals surface area contributed by atoms with E-state index in [0.29, 0.717) is 18.7 Å². The summed E-state index contributed by atoms with van der Waals surface area (Å²) in [6.07, 6.45) is 8.37. The molecule has 8 nitrogen and oxygen atoms in total. The molecule has 2 saturated heterocycles. The van der Waals surface area contributed by atoms with Crippen LogP contribution < -0.4 is 9.64 Å². The third-order valence-corrected chi connectivity index (χ3v) is 5.42. The van der Waals surface area contributed by atoms with Crippen molar-refractivity contribution in [1.82, 2.24) is 24.5 Å². The molecule has 3 aromatic heterocycles. The Morgan fingerprint density at radius 2 is 2.04 bits per heavy atom. The van der Waals surface area contributed by atoms with Gasteiger partial charge < -0.3 is 14.5 Å². The van der Waals surface area contributed by atoms with Crippen molar-refractivity contribution in [3.63, 3.8) is 0 Å². The Morgan fingerprint density at radius 1 is 1.14 bits per heavy atom. The lowest BCUT2D eigenvalue weighted by molar-refractivity contribution is 0.0772. The third-order valence-electron chi connectivity index (χ3n) is 5.42. The molecule has 5 heterocycles. The predicted molar refractivity (Wildman–Crippen MR) is 104 cm³/mol. The maximum Gasteiger partial charge on any atom is 0.255 e. The molecule has 28 heavy (non-hydrogen) atoms. The zero-order valence-corrected chi connectivity index (χ0v) is 15.6. The highest BCUT2D eigenvalue weighted by molar-refractivity contribution is 5.94. The topological polar surface area (TPSA) is 75.9 Å². The first-order valence-electron chi connectivity index (χ1n) is 9.73. The monoisotopic (exact) mass is 378 g/mol. The van der Waals surface area contributed by atoms with E-state index in [2.05, 4.69) is 20.1 Å². The predicted octanol–water partition coefficient (Wildman–Crippen LogP) is 2.02. The maximum absolute atomic E-state index is 12.9. The number of rotatable bonds is 4. The summed E-state index contributed by atoms with van der Waals surface area (Å²) in [6, 6.07) is 7.49. The van der Waals surface area contributed by atoms with Gasteiger partial charge in [-0.05, 0) is 37.1 Å². The molecule has 1 atom stereocenters. The average molecular weight is 378 g/mol. The molecule has 0 N–H and O–H groups in total. The summed E-state index contributed by atoms with van der Waals surface area (Å²) in [7, 11) is 0. The highest BCUT2D eigenvalue weighted by atomic mass is 16.5. The van der Waals surface area contributed by atoms with Crippen LogP contribution in [-0.2, 0) is 0 Å². The second kappa shape index (κ2) is 7.10. The van der Waals surface area contributed by atoms with Gasteiger partial charge in [-0.2, -0.15) is 0 Å². The van der Waals surface area contributed by atoms with E-state index in [1.54, 1.807) is 23.0 Å². The summed E-state index contributed by atoms with van der Waals surface area (Å²) in [5.41, 5.74) is 1.36. The number of aromatic nitrogens is 4. The molecule has 2 aliphatic rings. The molecule has 1 unspecified atom stereocenters. The van der Waals surface area contributed by atoms with E-state index < -0.39 is 0 Å². The van der Waals surface area contributed by atoms with Crippen LogP contribution in [0.25, 0.3) is 5.65 Å². The van der Waals surface area contributed by atoms with Crippen molar-refractivity contribution in [3.8, 4) is 5.75 Å². The Labute approximate surface area is 162 Å². The van der Waals surface area contributed by atoms with Crippen LogP contribution in [0.15, 0.2) is 43.0 Å². The summed E-state index contributed by atoms with van der Waals surface area (Å²) in [4.78, 5) is 21.5. The standard InChI is InChI=1S/C20H22N6O2/c27-20(15-5-6-18-23-22-14-26(18)12-15)25-11-7-16(13-25)28-17-4-3-8-21-19(17)24-9-1-2-10-24/h3-6,8,12,14,16H,1-2,7,9-11,13H2. The van der Waals surface area contributed by atoms with Crippen LogP contribution in [0.2, 0.25) is 0 Å². The average Bonchev–Trinajstić information content (AvgIpc) is 3.48. The molecule has 0 aliphatic carbocycles. The Hall–Kier alpha value is -3.16. The Kier molecular flexibility index (Phi) is 4.31. The number of nitrogens with zero attached hydrogens (tertiary/aromatic N) is 6. The zero-order valence-electron chi connectivity index (χ0n) is 15.6. The third kappa shape index (κ3) is 3.15. The molecule has 0 bridgehead atoms. The lowest BCUT2D eigenvalue weighted by Gasteiger charge is -2.22. The van der Waals surface area contributed by atoms with Crippen LogP contribution in [-0.4, -0.2) is 62.7 Å². The fourth-order valence-corrected chi connectivity index (χ4v) is 3.97. The van der Waals surface area contributed by atoms with Crippen LogP contribution in [0.3, 0.4) is 0 Å². The van der Waals surface area contributed by atoms with Gasteiger partial charge in [0, 0.05) is 38.4 Å². The van der Waals surface area contributed by atoms with Crippen molar-refractivity contribution >= 4 is 17.4 Å². The van der Waals surface area contributed by atoms with Crippen molar-refractivity contribution in [2.24, 2.45) is 0 Å². The first-order valence-corrected chi connectivity index (χ1v) is 9.73. The highest BCUT2D eigenvalue weighted by Gasteiger charge is 2.30. The van der Waals surface area contributed by atoms with Crippen LogP contribution in [0.1, 0.15) is 29.6 Å². The van der Waals surface area contributed by atoms with Crippen LogP contribution in [0, 0.1) is 0 Å². The van der Waals surface area contributed by atoms with E-state index >= 15 is 0 Å². The first-order chi connectivity index (χ1) is 13.8. The second-order valence-electron chi connectivity index (χ2n) is 7.31. The summed E-state index contributed by atoms with van der Waals surface area (Å²) >= 11 is 0. The Balaban J connectivity index is 1.28. The molecule has 2 fully saturated rings. The van der Waals surface area contributed by atoms with Gasteiger partial charge in [-0.25, -0.2) is 4.98 Å². The second-order valence-corrected chi connectivity index (χ2v) is 7.31. The fraction of sp³-hybridized carbons (Fsp3) is 0.400. The molecule has 0 aromatic carbocycles. The van der Waals surface area contributed by atoms with E-state index in [4.69, 9.17) is 4.74 Å². The van der Waals surface area contributed by atoms with E-state index in [1.165, 1.54) is 12.8 Å². The largest absolute Gasteiger partial charge is 0.485 e. The molecule has 2 aliphatic heterocycles.